The highest BCUT2D eigenvalue weighted by Gasteiger charge is 2.26. The minimum atomic E-state index is 0.0386. The van der Waals surface area contributed by atoms with Crippen molar-refractivity contribution < 1.29 is 9.53 Å². The van der Waals surface area contributed by atoms with Crippen molar-refractivity contribution in [2.75, 3.05) is 26.8 Å². The molecule has 102 valence electrons. The number of methoxy groups -OCH3 is 1. The molecule has 4 nitrogen and oxygen atoms in total. The monoisotopic (exact) mass is 278 g/mol. The molecule has 2 N–H and O–H groups in total. The summed E-state index contributed by atoms with van der Waals surface area (Å²) in [7, 11) is 1.69. The highest BCUT2D eigenvalue weighted by Crippen LogP contribution is 2.19. The third kappa shape index (κ3) is 3.30. The van der Waals surface area contributed by atoms with E-state index < -0.39 is 0 Å². The molecule has 1 aromatic carbocycles. The lowest BCUT2D eigenvalue weighted by molar-refractivity contribution is 0.0775. The van der Waals surface area contributed by atoms with E-state index in [0.29, 0.717) is 23.1 Å². The number of nitrogens with two attached hydrogens (primary N) is 1. The van der Waals surface area contributed by atoms with E-state index in [-0.39, 0.29) is 5.91 Å². The highest BCUT2D eigenvalue weighted by molar-refractivity contribution is 7.80. The molecule has 1 saturated heterocycles. The van der Waals surface area contributed by atoms with Crippen LogP contribution in [0.5, 0.6) is 0 Å². The zero-order valence-electron chi connectivity index (χ0n) is 11.0. The first-order chi connectivity index (χ1) is 9.11. The fourth-order valence-electron chi connectivity index (χ4n) is 2.38. The van der Waals surface area contributed by atoms with Crippen molar-refractivity contribution in [3.05, 3.63) is 35.4 Å². The van der Waals surface area contributed by atoms with Gasteiger partial charge in [0.15, 0.2) is 0 Å². The van der Waals surface area contributed by atoms with Crippen LogP contribution >= 0.6 is 12.2 Å². The number of ether oxygens (including phenoxy) is 1. The van der Waals surface area contributed by atoms with Crippen LogP contribution in [0.3, 0.4) is 0 Å². The van der Waals surface area contributed by atoms with Gasteiger partial charge >= 0.3 is 0 Å². The maximum Gasteiger partial charge on any atom is 0.253 e. The van der Waals surface area contributed by atoms with Crippen molar-refractivity contribution in [1.29, 1.82) is 0 Å². The van der Waals surface area contributed by atoms with Gasteiger partial charge in [-0.25, -0.2) is 0 Å². The van der Waals surface area contributed by atoms with E-state index >= 15 is 0 Å². The molecule has 1 heterocycles. The molecular formula is C14H18N2O2S. The first-order valence-electron chi connectivity index (χ1n) is 6.30. The summed E-state index contributed by atoms with van der Waals surface area (Å²) < 4.78 is 5.14. The van der Waals surface area contributed by atoms with Gasteiger partial charge in [0.1, 0.15) is 4.99 Å². The van der Waals surface area contributed by atoms with Crippen LogP contribution in [-0.4, -0.2) is 42.6 Å². The molecule has 0 aliphatic carbocycles. The van der Waals surface area contributed by atoms with E-state index in [4.69, 9.17) is 22.7 Å². The van der Waals surface area contributed by atoms with E-state index in [1.54, 1.807) is 19.2 Å². The molecule has 0 saturated carbocycles. The SMILES string of the molecule is COCC1CCN(C(=O)c2cccc(C(N)=S)c2)C1. The smallest absolute Gasteiger partial charge is 0.253 e. The molecule has 1 aliphatic heterocycles. The number of carbonyl (C=O) groups is 1. The van der Waals surface area contributed by atoms with Crippen molar-refractivity contribution in [2.45, 2.75) is 6.42 Å². The lowest BCUT2D eigenvalue weighted by Gasteiger charge is -2.17. The van der Waals surface area contributed by atoms with Crippen LogP contribution in [0.25, 0.3) is 0 Å². The van der Waals surface area contributed by atoms with Crippen molar-refractivity contribution in [3.8, 4) is 0 Å². The zero-order chi connectivity index (χ0) is 13.8. The zero-order valence-corrected chi connectivity index (χ0v) is 11.8. The summed E-state index contributed by atoms with van der Waals surface area (Å²) in [6.45, 7) is 2.24. The van der Waals surface area contributed by atoms with Crippen LogP contribution in [0.4, 0.5) is 0 Å². The molecule has 1 aromatic rings. The minimum Gasteiger partial charge on any atom is -0.389 e. The minimum absolute atomic E-state index is 0.0386. The number of amides is 1. The predicted octanol–water partition coefficient (Wildman–Crippen LogP) is 1.43. The molecule has 1 atom stereocenters. The molecule has 1 amide bonds. The van der Waals surface area contributed by atoms with Gasteiger partial charge in [-0.05, 0) is 18.6 Å². The topological polar surface area (TPSA) is 55.6 Å². The molecule has 19 heavy (non-hydrogen) atoms. The second kappa shape index (κ2) is 6.12. The first-order valence-corrected chi connectivity index (χ1v) is 6.70. The third-order valence-electron chi connectivity index (χ3n) is 3.37. The molecule has 5 heteroatoms. The Bertz CT molecular complexity index is 490. The van der Waals surface area contributed by atoms with Gasteiger partial charge in [-0.2, -0.15) is 0 Å². The lowest BCUT2D eigenvalue weighted by atomic mass is 10.1. The van der Waals surface area contributed by atoms with Gasteiger partial charge in [0.25, 0.3) is 5.91 Å². The summed E-state index contributed by atoms with van der Waals surface area (Å²) >= 11 is 4.93. The van der Waals surface area contributed by atoms with Gasteiger partial charge in [0.05, 0.1) is 6.61 Å². The standard InChI is InChI=1S/C14H18N2O2S/c1-18-9-10-5-6-16(8-10)14(17)12-4-2-3-11(7-12)13(15)19/h2-4,7,10H,5-6,8-9H2,1H3,(H2,15,19). The van der Waals surface area contributed by atoms with Gasteiger partial charge < -0.3 is 15.4 Å². The molecule has 0 aromatic heterocycles. The van der Waals surface area contributed by atoms with Crippen LogP contribution in [0.15, 0.2) is 24.3 Å². The summed E-state index contributed by atoms with van der Waals surface area (Å²) in [6, 6.07) is 7.18. The Balaban J connectivity index is 2.08. The van der Waals surface area contributed by atoms with Crippen LogP contribution in [0.1, 0.15) is 22.3 Å². The van der Waals surface area contributed by atoms with Crippen LogP contribution in [-0.2, 0) is 4.74 Å². The van der Waals surface area contributed by atoms with E-state index in [0.717, 1.165) is 25.1 Å². The van der Waals surface area contributed by atoms with Crippen LogP contribution < -0.4 is 5.73 Å². The Labute approximate surface area is 118 Å². The first kappa shape index (κ1) is 14.0. The average molecular weight is 278 g/mol. The molecule has 0 radical (unpaired) electrons. The van der Waals surface area contributed by atoms with Gasteiger partial charge in [0, 0.05) is 37.2 Å². The summed E-state index contributed by atoms with van der Waals surface area (Å²) in [6.07, 6.45) is 0.995. The number of likely N-dealkylation sites (tertiary alicyclic amines) is 1. The summed E-state index contributed by atoms with van der Waals surface area (Å²) in [5.74, 6) is 0.476. The number of rotatable bonds is 4. The number of hydrogen-bond acceptors (Lipinski definition) is 3. The summed E-state index contributed by atoms with van der Waals surface area (Å²) in [4.78, 5) is 14.5. The highest BCUT2D eigenvalue weighted by atomic mass is 32.1. The van der Waals surface area contributed by atoms with Gasteiger partial charge in [-0.15, -0.1) is 0 Å². The molecule has 1 unspecified atom stereocenters. The number of nitrogens with zero attached hydrogens (tertiary/aromatic N) is 1. The predicted molar refractivity (Wildman–Crippen MR) is 78.2 cm³/mol. The molecule has 1 aliphatic rings. The third-order valence-corrected chi connectivity index (χ3v) is 3.61. The Morgan fingerprint density at radius 3 is 2.95 bits per heavy atom. The van der Waals surface area contributed by atoms with Crippen molar-refractivity contribution in [3.63, 3.8) is 0 Å². The Morgan fingerprint density at radius 1 is 1.53 bits per heavy atom. The maximum absolute atomic E-state index is 12.4. The van der Waals surface area contributed by atoms with E-state index in [9.17, 15) is 4.79 Å². The number of hydrogen-bond donors (Lipinski definition) is 1. The average Bonchev–Trinajstić information content (AvgIpc) is 2.87. The molecule has 0 spiro atoms. The van der Waals surface area contributed by atoms with Crippen molar-refractivity contribution in [1.82, 2.24) is 4.90 Å². The lowest BCUT2D eigenvalue weighted by Crippen LogP contribution is -2.29. The Hall–Kier alpha value is -1.46. The van der Waals surface area contributed by atoms with Gasteiger partial charge in [-0.3, -0.25) is 4.79 Å². The molecular weight excluding hydrogens is 260 g/mol. The summed E-state index contributed by atoms with van der Waals surface area (Å²) in [5.41, 5.74) is 6.96. The fourth-order valence-corrected chi connectivity index (χ4v) is 2.50. The van der Waals surface area contributed by atoms with Gasteiger partial charge in [-0.1, -0.05) is 24.4 Å². The normalized spacial score (nSPS) is 18.6. The van der Waals surface area contributed by atoms with E-state index in [2.05, 4.69) is 0 Å². The molecule has 0 bridgehead atoms. The maximum atomic E-state index is 12.4. The molecule has 2 rings (SSSR count). The quantitative estimate of drug-likeness (QED) is 0.847. The molecule has 1 fully saturated rings. The number of thiocarbonyl (C=S) groups is 1. The second-order valence-electron chi connectivity index (χ2n) is 4.81. The Kier molecular flexibility index (Phi) is 4.50. The fraction of sp³-hybridized carbons (Fsp3) is 0.429. The van der Waals surface area contributed by atoms with Crippen LogP contribution in [0, 0.1) is 5.92 Å². The number of carbonyl (C=O) groups excluding carboxylic acids is 1. The van der Waals surface area contributed by atoms with E-state index in [1.807, 2.05) is 17.0 Å². The van der Waals surface area contributed by atoms with Gasteiger partial charge in [0.2, 0.25) is 0 Å². The second-order valence-corrected chi connectivity index (χ2v) is 5.25. The van der Waals surface area contributed by atoms with Crippen molar-refractivity contribution in [2.24, 2.45) is 11.7 Å². The van der Waals surface area contributed by atoms with E-state index in [1.165, 1.54) is 0 Å². The van der Waals surface area contributed by atoms with Crippen LogP contribution in [0.2, 0.25) is 0 Å². The Morgan fingerprint density at radius 2 is 2.26 bits per heavy atom. The number of benzene rings is 1. The largest absolute Gasteiger partial charge is 0.389 e. The van der Waals surface area contributed by atoms with Crippen molar-refractivity contribution >= 4 is 23.1 Å². The summed E-state index contributed by atoms with van der Waals surface area (Å²) in [5, 5.41) is 0.